The topological polar surface area (TPSA) is 58.4 Å². The first-order valence-corrected chi connectivity index (χ1v) is 5.85. The summed E-state index contributed by atoms with van der Waals surface area (Å²) in [6, 6.07) is 7.37. The number of nitro benzene ring substituents is 1. The van der Waals surface area contributed by atoms with Crippen LogP contribution in [0.15, 0.2) is 24.3 Å². The first-order valence-electron chi connectivity index (χ1n) is 5.85. The van der Waals surface area contributed by atoms with Crippen LogP contribution >= 0.6 is 0 Å². The predicted octanol–water partition coefficient (Wildman–Crippen LogP) is 2.10. The molecule has 2 rings (SSSR count). The molecule has 0 amide bonds. The van der Waals surface area contributed by atoms with Gasteiger partial charge in [-0.25, -0.2) is 0 Å². The molecule has 0 aliphatic heterocycles. The summed E-state index contributed by atoms with van der Waals surface area (Å²) in [5, 5.41) is 13.8. The van der Waals surface area contributed by atoms with E-state index < -0.39 is 0 Å². The lowest BCUT2D eigenvalue weighted by Gasteiger charge is -2.16. The molecule has 92 valence electrons. The smallest absolute Gasteiger partial charge is 0.271 e. The standard InChI is InChI=1S/C12H17N3O2/c1-14(11-5-6-11)8-7-13-10-3-2-4-12(9-10)15(16)17/h2-4,9,11,13H,5-8H2,1H3. The molecule has 1 aromatic rings. The number of hydrogen-bond acceptors (Lipinski definition) is 4. The summed E-state index contributed by atoms with van der Waals surface area (Å²) >= 11 is 0. The van der Waals surface area contributed by atoms with E-state index >= 15 is 0 Å². The first kappa shape index (κ1) is 11.9. The summed E-state index contributed by atoms with van der Waals surface area (Å²) in [5.74, 6) is 0. The average Bonchev–Trinajstić information content (AvgIpc) is 3.13. The molecule has 1 N–H and O–H groups in total. The molecule has 0 heterocycles. The molecule has 0 atom stereocenters. The summed E-state index contributed by atoms with van der Waals surface area (Å²) < 4.78 is 0. The number of anilines is 1. The van der Waals surface area contributed by atoms with Crippen molar-refractivity contribution in [1.82, 2.24) is 4.90 Å². The van der Waals surface area contributed by atoms with Crippen LogP contribution in [0.2, 0.25) is 0 Å². The maximum absolute atomic E-state index is 10.6. The van der Waals surface area contributed by atoms with E-state index in [0.717, 1.165) is 24.8 Å². The lowest BCUT2D eigenvalue weighted by Crippen LogP contribution is -2.26. The maximum Gasteiger partial charge on any atom is 0.271 e. The van der Waals surface area contributed by atoms with Crippen molar-refractivity contribution in [2.75, 3.05) is 25.5 Å². The molecule has 0 saturated heterocycles. The van der Waals surface area contributed by atoms with Gasteiger partial charge < -0.3 is 10.2 Å². The van der Waals surface area contributed by atoms with E-state index in [0.29, 0.717) is 0 Å². The molecule has 0 unspecified atom stereocenters. The third-order valence-electron chi connectivity index (χ3n) is 3.02. The van der Waals surface area contributed by atoms with Crippen molar-refractivity contribution in [3.63, 3.8) is 0 Å². The van der Waals surface area contributed by atoms with E-state index in [1.165, 1.54) is 18.9 Å². The van der Waals surface area contributed by atoms with Crippen molar-refractivity contribution in [3.8, 4) is 0 Å². The fraction of sp³-hybridized carbons (Fsp3) is 0.500. The Kier molecular flexibility index (Phi) is 3.58. The molecule has 1 aliphatic carbocycles. The van der Waals surface area contributed by atoms with Gasteiger partial charge in [-0.15, -0.1) is 0 Å². The zero-order valence-corrected chi connectivity index (χ0v) is 9.93. The highest BCUT2D eigenvalue weighted by atomic mass is 16.6. The second kappa shape index (κ2) is 5.14. The Labute approximate surface area is 101 Å². The van der Waals surface area contributed by atoms with Gasteiger partial charge >= 0.3 is 0 Å². The first-order chi connectivity index (χ1) is 8.16. The molecule has 1 saturated carbocycles. The Bertz CT molecular complexity index is 404. The van der Waals surface area contributed by atoms with Crippen LogP contribution in [0.4, 0.5) is 11.4 Å². The molecule has 1 aromatic carbocycles. The predicted molar refractivity (Wildman–Crippen MR) is 67.2 cm³/mol. The second-order valence-corrected chi connectivity index (χ2v) is 4.45. The molecule has 17 heavy (non-hydrogen) atoms. The normalized spacial score (nSPS) is 14.9. The lowest BCUT2D eigenvalue weighted by molar-refractivity contribution is -0.384. The molecule has 1 fully saturated rings. The number of non-ortho nitro benzene ring substituents is 1. The molecular formula is C12H17N3O2. The Balaban J connectivity index is 1.81. The van der Waals surface area contributed by atoms with Crippen molar-refractivity contribution < 1.29 is 4.92 Å². The van der Waals surface area contributed by atoms with Gasteiger partial charge in [-0.1, -0.05) is 6.07 Å². The number of likely N-dealkylation sites (N-methyl/N-ethyl adjacent to an activating group) is 1. The maximum atomic E-state index is 10.6. The van der Waals surface area contributed by atoms with Crippen LogP contribution in [-0.4, -0.2) is 36.0 Å². The second-order valence-electron chi connectivity index (χ2n) is 4.45. The van der Waals surface area contributed by atoms with Crippen molar-refractivity contribution in [3.05, 3.63) is 34.4 Å². The van der Waals surface area contributed by atoms with Gasteiger partial charge in [0.2, 0.25) is 0 Å². The Morgan fingerprint density at radius 1 is 1.53 bits per heavy atom. The third-order valence-corrected chi connectivity index (χ3v) is 3.02. The molecule has 0 bridgehead atoms. The number of benzene rings is 1. The highest BCUT2D eigenvalue weighted by Gasteiger charge is 2.25. The fourth-order valence-corrected chi connectivity index (χ4v) is 1.80. The number of nitrogens with zero attached hydrogens (tertiary/aromatic N) is 2. The Morgan fingerprint density at radius 3 is 2.94 bits per heavy atom. The largest absolute Gasteiger partial charge is 0.384 e. The van der Waals surface area contributed by atoms with Crippen molar-refractivity contribution in [2.24, 2.45) is 0 Å². The van der Waals surface area contributed by atoms with E-state index in [1.807, 2.05) is 6.07 Å². The van der Waals surface area contributed by atoms with Crippen molar-refractivity contribution >= 4 is 11.4 Å². The van der Waals surface area contributed by atoms with Gasteiger partial charge in [-0.2, -0.15) is 0 Å². The number of nitro groups is 1. The van der Waals surface area contributed by atoms with Crippen LogP contribution in [0.5, 0.6) is 0 Å². The van der Waals surface area contributed by atoms with E-state index in [2.05, 4.69) is 17.3 Å². The molecule has 5 nitrogen and oxygen atoms in total. The average molecular weight is 235 g/mol. The van der Waals surface area contributed by atoms with E-state index in [4.69, 9.17) is 0 Å². The van der Waals surface area contributed by atoms with E-state index in [9.17, 15) is 10.1 Å². The SMILES string of the molecule is CN(CCNc1cccc([N+](=O)[O-])c1)C1CC1. The lowest BCUT2D eigenvalue weighted by atomic mass is 10.3. The highest BCUT2D eigenvalue weighted by molar-refractivity contribution is 5.50. The molecule has 0 radical (unpaired) electrons. The Hall–Kier alpha value is -1.62. The summed E-state index contributed by atoms with van der Waals surface area (Å²) in [6.45, 7) is 1.78. The molecule has 0 spiro atoms. The zero-order chi connectivity index (χ0) is 12.3. The number of hydrogen-bond donors (Lipinski definition) is 1. The quantitative estimate of drug-likeness (QED) is 0.606. The summed E-state index contributed by atoms with van der Waals surface area (Å²) in [5.41, 5.74) is 0.939. The molecule has 5 heteroatoms. The van der Waals surface area contributed by atoms with Gasteiger partial charge in [0.05, 0.1) is 4.92 Å². The Morgan fingerprint density at radius 2 is 2.29 bits per heavy atom. The zero-order valence-electron chi connectivity index (χ0n) is 9.93. The van der Waals surface area contributed by atoms with Crippen molar-refractivity contribution in [2.45, 2.75) is 18.9 Å². The summed E-state index contributed by atoms with van der Waals surface area (Å²) in [6.07, 6.45) is 2.60. The molecular weight excluding hydrogens is 218 g/mol. The minimum atomic E-state index is -0.374. The van der Waals surface area contributed by atoms with Gasteiger partial charge in [-0.05, 0) is 26.0 Å². The van der Waals surface area contributed by atoms with Gasteiger partial charge in [0.15, 0.2) is 0 Å². The van der Waals surface area contributed by atoms with Crippen LogP contribution in [0.25, 0.3) is 0 Å². The molecule has 1 aliphatic rings. The number of rotatable bonds is 6. The van der Waals surface area contributed by atoms with Gasteiger partial charge in [0.25, 0.3) is 5.69 Å². The summed E-state index contributed by atoms with van der Waals surface area (Å²) in [4.78, 5) is 12.6. The minimum absolute atomic E-state index is 0.130. The van der Waals surface area contributed by atoms with Gasteiger partial charge in [-0.3, -0.25) is 10.1 Å². The summed E-state index contributed by atoms with van der Waals surface area (Å²) in [7, 11) is 2.12. The van der Waals surface area contributed by atoms with Crippen LogP contribution in [-0.2, 0) is 0 Å². The fourth-order valence-electron chi connectivity index (χ4n) is 1.80. The molecule has 0 aromatic heterocycles. The van der Waals surface area contributed by atoms with Crippen LogP contribution < -0.4 is 5.32 Å². The third kappa shape index (κ3) is 3.42. The van der Waals surface area contributed by atoms with Crippen LogP contribution in [0.3, 0.4) is 0 Å². The van der Waals surface area contributed by atoms with E-state index in [1.54, 1.807) is 12.1 Å². The van der Waals surface area contributed by atoms with Gasteiger partial charge in [0, 0.05) is 37.0 Å². The van der Waals surface area contributed by atoms with Crippen LogP contribution in [0.1, 0.15) is 12.8 Å². The number of nitrogens with one attached hydrogen (secondary N) is 1. The van der Waals surface area contributed by atoms with Gasteiger partial charge in [0.1, 0.15) is 0 Å². The van der Waals surface area contributed by atoms with E-state index in [-0.39, 0.29) is 10.6 Å². The van der Waals surface area contributed by atoms with Crippen LogP contribution in [0, 0.1) is 10.1 Å². The van der Waals surface area contributed by atoms with Crippen molar-refractivity contribution in [1.29, 1.82) is 0 Å². The highest BCUT2D eigenvalue weighted by Crippen LogP contribution is 2.24. The minimum Gasteiger partial charge on any atom is -0.384 e. The monoisotopic (exact) mass is 235 g/mol.